The van der Waals surface area contributed by atoms with Gasteiger partial charge < -0.3 is 29.2 Å². The molecule has 1 aromatic rings. The van der Waals surface area contributed by atoms with Crippen LogP contribution < -0.4 is 4.74 Å². The lowest BCUT2D eigenvalue weighted by atomic mass is 10.1. The molecule has 1 aromatic carbocycles. The van der Waals surface area contributed by atoms with Gasteiger partial charge in [0, 0.05) is 17.9 Å². The Morgan fingerprint density at radius 3 is 2.84 bits per heavy atom. The van der Waals surface area contributed by atoms with Gasteiger partial charge in [0.15, 0.2) is 19.2 Å². The van der Waals surface area contributed by atoms with Crippen LogP contribution in [0.15, 0.2) is 18.2 Å². The second-order valence-electron chi connectivity index (χ2n) is 5.59. The highest BCUT2D eigenvalue weighted by molar-refractivity contribution is 6.35. The quantitative estimate of drug-likeness (QED) is 0.540. The molecule has 2 N–H and O–H groups in total. The summed E-state index contributed by atoms with van der Waals surface area (Å²) in [7, 11) is 0. The number of benzene rings is 1. The number of esters is 1. The molecule has 1 saturated heterocycles. The fraction of sp³-hybridized carbons (Fsp3) is 0.562. The summed E-state index contributed by atoms with van der Waals surface area (Å²) in [5, 5.41) is 19.6. The molecule has 0 saturated carbocycles. The maximum absolute atomic E-state index is 11.9. The highest BCUT2D eigenvalue weighted by Gasteiger charge is 2.31. The maximum atomic E-state index is 11.9. The van der Waals surface area contributed by atoms with Crippen molar-refractivity contribution in [3.63, 3.8) is 0 Å². The van der Waals surface area contributed by atoms with Crippen LogP contribution in [0.25, 0.3) is 0 Å². The molecule has 0 aromatic heterocycles. The smallest absolute Gasteiger partial charge is 0.344 e. The molecule has 0 spiro atoms. The van der Waals surface area contributed by atoms with Crippen LogP contribution in [0.5, 0.6) is 5.75 Å². The summed E-state index contributed by atoms with van der Waals surface area (Å²) in [6, 6.07) is 4.65. The van der Waals surface area contributed by atoms with Crippen molar-refractivity contribution < 1.29 is 34.0 Å². The second kappa shape index (κ2) is 9.56. The van der Waals surface area contributed by atoms with Gasteiger partial charge in [-0.2, -0.15) is 0 Å². The monoisotopic (exact) mass is 394 g/mol. The molecule has 2 rings (SSSR count). The van der Waals surface area contributed by atoms with Gasteiger partial charge in [-0.15, -0.1) is 0 Å². The lowest BCUT2D eigenvalue weighted by Crippen LogP contribution is -2.41. The first-order valence-electron chi connectivity index (χ1n) is 7.74. The summed E-state index contributed by atoms with van der Waals surface area (Å²) < 4.78 is 20.9. The first-order valence-corrected chi connectivity index (χ1v) is 8.49. The molecular formula is C16H20Cl2O7. The molecule has 25 heavy (non-hydrogen) atoms. The van der Waals surface area contributed by atoms with Gasteiger partial charge in [0.1, 0.15) is 11.9 Å². The van der Waals surface area contributed by atoms with Crippen LogP contribution in [0, 0.1) is 0 Å². The van der Waals surface area contributed by atoms with Gasteiger partial charge in [0.05, 0.1) is 17.7 Å². The summed E-state index contributed by atoms with van der Waals surface area (Å²) in [5.41, 5.74) is 0. The summed E-state index contributed by atoms with van der Waals surface area (Å²) >= 11 is 11.7. The van der Waals surface area contributed by atoms with Gasteiger partial charge in [0.25, 0.3) is 0 Å². The van der Waals surface area contributed by atoms with E-state index in [9.17, 15) is 9.90 Å². The first-order chi connectivity index (χ1) is 11.8. The van der Waals surface area contributed by atoms with Crippen LogP contribution in [0.2, 0.25) is 10.0 Å². The predicted molar refractivity (Wildman–Crippen MR) is 89.6 cm³/mol. The van der Waals surface area contributed by atoms with Gasteiger partial charge in [0.2, 0.25) is 0 Å². The van der Waals surface area contributed by atoms with Crippen LogP contribution in [0.4, 0.5) is 0 Å². The van der Waals surface area contributed by atoms with E-state index >= 15 is 0 Å². The lowest BCUT2D eigenvalue weighted by molar-refractivity contribution is -0.221. The van der Waals surface area contributed by atoms with Crippen molar-refractivity contribution in [3.8, 4) is 5.75 Å². The summed E-state index contributed by atoms with van der Waals surface area (Å²) in [4.78, 5) is 11.9. The van der Waals surface area contributed by atoms with E-state index in [4.69, 9.17) is 47.3 Å². The van der Waals surface area contributed by atoms with Crippen LogP contribution in [-0.4, -0.2) is 54.2 Å². The highest BCUT2D eigenvalue weighted by atomic mass is 35.5. The average Bonchev–Trinajstić information content (AvgIpc) is 2.51. The predicted octanol–water partition coefficient (Wildman–Crippen LogP) is 2.14. The number of aliphatic hydroxyl groups excluding tert-OH is 2. The van der Waals surface area contributed by atoms with Crippen LogP contribution in [-0.2, 0) is 19.0 Å². The van der Waals surface area contributed by atoms with Crippen LogP contribution >= 0.6 is 23.2 Å². The Morgan fingerprint density at radius 2 is 2.16 bits per heavy atom. The Morgan fingerprint density at radius 1 is 1.40 bits per heavy atom. The summed E-state index contributed by atoms with van der Waals surface area (Å²) in [5.74, 6) is -0.279. The number of hydrogen-bond donors (Lipinski definition) is 2. The molecule has 0 aliphatic carbocycles. The number of carbonyl (C=O) groups excluding carboxylic acids is 1. The average molecular weight is 395 g/mol. The zero-order valence-corrected chi connectivity index (χ0v) is 15.1. The molecule has 1 aliphatic rings. The largest absolute Gasteiger partial charge is 0.480 e. The third kappa shape index (κ3) is 6.97. The Balaban J connectivity index is 1.80. The SMILES string of the molecule is CC(O)OCC1CC(OC(=O)COc2ccc(Cl)cc2Cl)CC(O)O1. The molecule has 1 aliphatic heterocycles. The van der Waals surface area contributed by atoms with Gasteiger partial charge in [-0.25, -0.2) is 4.79 Å². The Hall–Kier alpha value is -1.09. The van der Waals surface area contributed by atoms with E-state index in [0.29, 0.717) is 17.2 Å². The number of rotatable bonds is 7. The Kier molecular flexibility index (Phi) is 7.74. The van der Waals surface area contributed by atoms with Gasteiger partial charge in [-0.05, 0) is 25.1 Å². The number of halogens is 2. The molecule has 7 nitrogen and oxygen atoms in total. The topological polar surface area (TPSA) is 94.5 Å². The zero-order chi connectivity index (χ0) is 18.4. The van der Waals surface area contributed by atoms with E-state index in [-0.39, 0.29) is 24.7 Å². The third-order valence-corrected chi connectivity index (χ3v) is 3.93. The van der Waals surface area contributed by atoms with E-state index in [2.05, 4.69) is 0 Å². The molecule has 0 radical (unpaired) electrons. The van der Waals surface area contributed by atoms with E-state index < -0.39 is 30.8 Å². The van der Waals surface area contributed by atoms with Crippen molar-refractivity contribution >= 4 is 29.2 Å². The number of hydrogen-bond acceptors (Lipinski definition) is 7. The fourth-order valence-corrected chi connectivity index (χ4v) is 2.81. The van der Waals surface area contributed by atoms with E-state index in [0.717, 1.165) is 0 Å². The van der Waals surface area contributed by atoms with Crippen molar-refractivity contribution in [2.24, 2.45) is 0 Å². The second-order valence-corrected chi connectivity index (χ2v) is 6.44. The minimum atomic E-state index is -1.07. The molecule has 140 valence electrons. The molecule has 1 fully saturated rings. The van der Waals surface area contributed by atoms with Gasteiger partial charge in [-0.1, -0.05) is 23.2 Å². The third-order valence-electron chi connectivity index (χ3n) is 3.40. The zero-order valence-electron chi connectivity index (χ0n) is 13.6. The number of ether oxygens (including phenoxy) is 4. The Bertz CT molecular complexity index is 582. The summed E-state index contributed by atoms with van der Waals surface area (Å²) in [6.45, 7) is 1.22. The fourth-order valence-electron chi connectivity index (χ4n) is 2.35. The minimum Gasteiger partial charge on any atom is -0.480 e. The molecule has 4 unspecified atom stereocenters. The molecule has 9 heteroatoms. The van der Waals surface area contributed by atoms with E-state index in [1.165, 1.54) is 13.0 Å². The summed E-state index contributed by atoms with van der Waals surface area (Å²) in [6.07, 6.45) is -2.54. The van der Waals surface area contributed by atoms with E-state index in [1.54, 1.807) is 12.1 Å². The lowest BCUT2D eigenvalue weighted by Gasteiger charge is -2.32. The Labute approximate surface area is 155 Å². The highest BCUT2D eigenvalue weighted by Crippen LogP contribution is 2.27. The van der Waals surface area contributed by atoms with E-state index in [1.807, 2.05) is 0 Å². The molecule has 1 heterocycles. The van der Waals surface area contributed by atoms with Crippen molar-refractivity contribution in [1.29, 1.82) is 0 Å². The van der Waals surface area contributed by atoms with Gasteiger partial charge in [-0.3, -0.25) is 0 Å². The number of carbonyl (C=O) groups is 1. The molecule has 4 atom stereocenters. The molecule has 0 amide bonds. The van der Waals surface area contributed by atoms with Crippen molar-refractivity contribution in [1.82, 2.24) is 0 Å². The molecule has 0 bridgehead atoms. The number of aliphatic hydroxyl groups is 2. The first kappa shape index (κ1) is 20.2. The standard InChI is InChI=1S/C16H20Cl2O7/c1-9(19)22-7-12-5-11(6-15(20)25-12)24-16(21)8-23-14-3-2-10(17)4-13(14)18/h2-4,9,11-12,15,19-20H,5-8H2,1H3. The van der Waals surface area contributed by atoms with Crippen molar-refractivity contribution in [3.05, 3.63) is 28.2 Å². The maximum Gasteiger partial charge on any atom is 0.344 e. The minimum absolute atomic E-state index is 0.0830. The van der Waals surface area contributed by atoms with Crippen LogP contribution in [0.1, 0.15) is 19.8 Å². The van der Waals surface area contributed by atoms with Crippen molar-refractivity contribution in [2.75, 3.05) is 13.2 Å². The van der Waals surface area contributed by atoms with Gasteiger partial charge >= 0.3 is 5.97 Å². The van der Waals surface area contributed by atoms with Crippen LogP contribution in [0.3, 0.4) is 0 Å². The van der Waals surface area contributed by atoms with Crippen molar-refractivity contribution in [2.45, 2.75) is 44.6 Å². The normalized spacial score (nSPS) is 24.6. The molecular weight excluding hydrogens is 375 g/mol.